The number of hydrogen-bond donors (Lipinski definition) is 1. The number of rotatable bonds is 5. The molecule has 0 saturated carbocycles. The topological polar surface area (TPSA) is 105 Å². The highest BCUT2D eigenvalue weighted by molar-refractivity contribution is 5.89. The summed E-state index contributed by atoms with van der Waals surface area (Å²) in [6, 6.07) is 15.4. The molecule has 30 heavy (non-hydrogen) atoms. The molecular weight excluding hydrogens is 388 g/mol. The Hall–Kier alpha value is -2.94. The van der Waals surface area contributed by atoms with Crippen molar-refractivity contribution < 1.29 is 29.3 Å². The van der Waals surface area contributed by atoms with Crippen LogP contribution in [0.1, 0.15) is 28.8 Å². The molecule has 4 rings (SSSR count). The molecule has 0 spiro atoms. The van der Waals surface area contributed by atoms with E-state index in [1.807, 2.05) is 30.3 Å². The van der Waals surface area contributed by atoms with Crippen molar-refractivity contribution in [3.8, 4) is 0 Å². The molecule has 2 heterocycles. The highest BCUT2D eigenvalue weighted by Crippen LogP contribution is 2.30. The lowest BCUT2D eigenvalue weighted by Crippen LogP contribution is -2.70. The fourth-order valence-corrected chi connectivity index (χ4v) is 3.97. The number of ether oxygens (including phenoxy) is 3. The molecule has 2 aliphatic rings. The summed E-state index contributed by atoms with van der Waals surface area (Å²) in [4.78, 5) is 26.9. The van der Waals surface area contributed by atoms with Gasteiger partial charge in [0.25, 0.3) is 0 Å². The molecular formula is C22H24N2O6. The molecule has 2 bridgehead atoms. The SMILES string of the molecule is O=C(OC1CC2COCC(C1)N2C(=O)OCc1ccccc1)c1ccc([NH2+][O-])cc1. The van der Waals surface area contributed by atoms with Crippen LogP contribution in [0.2, 0.25) is 0 Å². The minimum absolute atomic E-state index is 0.198. The number of esters is 1. The third-order valence-electron chi connectivity index (χ3n) is 5.45. The van der Waals surface area contributed by atoms with Crippen LogP contribution in [0, 0.1) is 5.21 Å². The summed E-state index contributed by atoms with van der Waals surface area (Å²) in [6.45, 7) is 0.990. The molecule has 8 heteroatoms. The summed E-state index contributed by atoms with van der Waals surface area (Å²) < 4.78 is 16.8. The fraction of sp³-hybridized carbons (Fsp3) is 0.364. The molecule has 1 amide bonds. The number of carbonyl (C=O) groups excluding carboxylic acids is 2. The predicted molar refractivity (Wildman–Crippen MR) is 107 cm³/mol. The van der Waals surface area contributed by atoms with Gasteiger partial charge in [0.1, 0.15) is 18.4 Å². The van der Waals surface area contributed by atoms with Gasteiger partial charge in [0.05, 0.1) is 30.9 Å². The van der Waals surface area contributed by atoms with Crippen LogP contribution < -0.4 is 5.48 Å². The average molecular weight is 412 g/mol. The van der Waals surface area contributed by atoms with Crippen molar-refractivity contribution in [3.05, 3.63) is 70.9 Å². The van der Waals surface area contributed by atoms with Crippen LogP contribution in [-0.2, 0) is 20.8 Å². The number of benzene rings is 2. The third-order valence-corrected chi connectivity index (χ3v) is 5.45. The highest BCUT2D eigenvalue weighted by atomic mass is 16.6. The first kappa shape index (κ1) is 20.3. The number of fused-ring (bicyclic) bond motifs is 2. The molecule has 158 valence electrons. The van der Waals surface area contributed by atoms with E-state index in [1.54, 1.807) is 29.2 Å². The smallest absolute Gasteiger partial charge is 0.410 e. The monoisotopic (exact) mass is 412 g/mol. The zero-order valence-electron chi connectivity index (χ0n) is 16.4. The van der Waals surface area contributed by atoms with E-state index in [2.05, 4.69) is 0 Å². The van der Waals surface area contributed by atoms with Crippen molar-refractivity contribution in [3.63, 3.8) is 0 Å². The van der Waals surface area contributed by atoms with Crippen LogP contribution in [0.25, 0.3) is 0 Å². The molecule has 2 atom stereocenters. The second-order valence-corrected chi connectivity index (χ2v) is 7.53. The van der Waals surface area contributed by atoms with E-state index in [-0.39, 0.29) is 30.9 Å². The standard InChI is InChI=1S/C22H24N2O6/c25-21(16-6-8-17(23-27)9-7-16)30-20-10-18-13-28-14-19(11-20)24(18)22(26)29-12-15-4-2-1-3-5-15/h1-9,18-20H,10-14,23H2. The van der Waals surface area contributed by atoms with Gasteiger partial charge in [0.15, 0.2) is 0 Å². The van der Waals surface area contributed by atoms with Gasteiger partial charge in [-0.15, -0.1) is 0 Å². The van der Waals surface area contributed by atoms with E-state index in [1.165, 1.54) is 0 Å². The summed E-state index contributed by atoms with van der Waals surface area (Å²) in [5.74, 6) is -0.434. The molecule has 2 aliphatic heterocycles. The van der Waals surface area contributed by atoms with Crippen LogP contribution in [0.15, 0.2) is 54.6 Å². The maximum atomic E-state index is 12.7. The normalized spacial score (nSPS) is 23.0. The number of amides is 1. The molecule has 0 radical (unpaired) electrons. The Labute approximate surface area is 174 Å². The largest absolute Gasteiger partial charge is 0.630 e. The van der Waals surface area contributed by atoms with Crippen molar-refractivity contribution >= 4 is 17.7 Å². The summed E-state index contributed by atoms with van der Waals surface area (Å²) in [5.41, 5.74) is 2.55. The van der Waals surface area contributed by atoms with E-state index in [9.17, 15) is 14.8 Å². The Kier molecular flexibility index (Phi) is 6.27. The van der Waals surface area contributed by atoms with Gasteiger partial charge in [-0.05, 0) is 17.7 Å². The Balaban J connectivity index is 1.35. The molecule has 2 unspecified atom stereocenters. The maximum Gasteiger partial charge on any atom is 0.410 e. The number of morpholine rings is 1. The summed E-state index contributed by atoms with van der Waals surface area (Å²) in [5, 5.41) is 10.8. The fourth-order valence-electron chi connectivity index (χ4n) is 3.97. The van der Waals surface area contributed by atoms with Gasteiger partial charge in [-0.3, -0.25) is 4.90 Å². The van der Waals surface area contributed by atoms with Gasteiger partial charge in [-0.2, -0.15) is 0 Å². The summed E-state index contributed by atoms with van der Waals surface area (Å²) in [7, 11) is 0. The second-order valence-electron chi connectivity index (χ2n) is 7.53. The zero-order chi connectivity index (χ0) is 20.9. The van der Waals surface area contributed by atoms with Crippen molar-refractivity contribution in [1.29, 1.82) is 0 Å². The van der Waals surface area contributed by atoms with Gasteiger partial charge in [-0.1, -0.05) is 30.3 Å². The third kappa shape index (κ3) is 4.62. The number of nitrogens with zero attached hydrogens (tertiary/aromatic N) is 1. The van der Waals surface area contributed by atoms with Gasteiger partial charge >= 0.3 is 12.1 Å². The molecule has 0 aliphatic carbocycles. The Morgan fingerprint density at radius 1 is 1.03 bits per heavy atom. The molecule has 0 aromatic heterocycles. The van der Waals surface area contributed by atoms with E-state index in [0.29, 0.717) is 37.3 Å². The van der Waals surface area contributed by atoms with E-state index >= 15 is 0 Å². The number of quaternary nitrogens is 1. The van der Waals surface area contributed by atoms with Crippen molar-refractivity contribution in [2.24, 2.45) is 0 Å². The van der Waals surface area contributed by atoms with Crippen molar-refractivity contribution in [1.82, 2.24) is 4.90 Å². The highest BCUT2D eigenvalue weighted by Gasteiger charge is 2.43. The van der Waals surface area contributed by atoms with Gasteiger partial charge in [-0.25, -0.2) is 9.59 Å². The van der Waals surface area contributed by atoms with E-state index in [4.69, 9.17) is 14.2 Å². The van der Waals surface area contributed by atoms with Crippen molar-refractivity contribution in [2.75, 3.05) is 13.2 Å². The average Bonchev–Trinajstić information content (AvgIpc) is 2.77. The quantitative estimate of drug-likeness (QED) is 0.458. The predicted octanol–water partition coefficient (Wildman–Crippen LogP) is 2.10. The molecule has 2 N–H and O–H groups in total. The number of nitrogens with two attached hydrogens (primary N) is 1. The summed E-state index contributed by atoms with van der Waals surface area (Å²) >= 11 is 0. The first-order valence-electron chi connectivity index (χ1n) is 9.97. The second kappa shape index (κ2) is 9.25. The lowest BCUT2D eigenvalue weighted by molar-refractivity contribution is -0.497. The molecule has 2 saturated heterocycles. The minimum atomic E-state index is -0.434. The van der Waals surface area contributed by atoms with Crippen molar-refractivity contribution in [2.45, 2.75) is 37.6 Å². The summed E-state index contributed by atoms with van der Waals surface area (Å²) in [6.07, 6.45) is 0.316. The first-order chi connectivity index (χ1) is 14.6. The number of hydrogen-bond acceptors (Lipinski definition) is 6. The van der Waals surface area contributed by atoms with Crippen LogP contribution in [0.3, 0.4) is 0 Å². The Morgan fingerprint density at radius 3 is 2.33 bits per heavy atom. The molecule has 2 aromatic carbocycles. The molecule has 8 nitrogen and oxygen atoms in total. The van der Waals surface area contributed by atoms with Crippen LogP contribution in [0.4, 0.5) is 10.5 Å². The van der Waals surface area contributed by atoms with Gasteiger partial charge in [0.2, 0.25) is 0 Å². The van der Waals surface area contributed by atoms with E-state index in [0.717, 1.165) is 11.0 Å². The Bertz CT molecular complexity index is 859. The van der Waals surface area contributed by atoms with Crippen LogP contribution in [-0.4, -0.2) is 48.4 Å². The van der Waals surface area contributed by atoms with Gasteiger partial charge in [0, 0.05) is 25.0 Å². The first-order valence-corrected chi connectivity index (χ1v) is 9.97. The lowest BCUT2D eigenvalue weighted by atomic mass is 9.92. The Morgan fingerprint density at radius 2 is 1.70 bits per heavy atom. The lowest BCUT2D eigenvalue weighted by Gasteiger charge is -2.47. The maximum absolute atomic E-state index is 12.7. The van der Waals surface area contributed by atoms with Gasteiger partial charge < -0.3 is 24.9 Å². The van der Waals surface area contributed by atoms with Crippen LogP contribution >= 0.6 is 0 Å². The van der Waals surface area contributed by atoms with E-state index < -0.39 is 5.97 Å². The molecule has 2 fully saturated rings. The zero-order valence-corrected chi connectivity index (χ0v) is 16.4. The minimum Gasteiger partial charge on any atom is -0.630 e. The molecule has 2 aromatic rings. The van der Waals surface area contributed by atoms with Crippen LogP contribution in [0.5, 0.6) is 0 Å². The number of piperidine rings is 1. The number of carbonyl (C=O) groups is 2.